The first kappa shape index (κ1) is 14.7. The van der Waals surface area contributed by atoms with Gasteiger partial charge in [-0.2, -0.15) is 8.42 Å². The molecule has 0 saturated carbocycles. The molecule has 1 aromatic carbocycles. The molecule has 0 unspecified atom stereocenters. The zero-order chi connectivity index (χ0) is 10.8. The molecule has 0 aromatic heterocycles. The zero-order valence-corrected chi connectivity index (χ0v) is 8.54. The van der Waals surface area contributed by atoms with Crippen LogP contribution in [0.15, 0.2) is 23.1 Å². The second kappa shape index (κ2) is 5.72. The molecule has 1 aromatic rings. The number of ether oxygens (including phenoxy) is 2. The summed E-state index contributed by atoms with van der Waals surface area (Å²) < 4.78 is 40.0. The molecule has 0 aliphatic carbocycles. The van der Waals surface area contributed by atoms with Crippen molar-refractivity contribution in [3.8, 4) is 11.5 Å². The minimum atomic E-state index is -4.20. The van der Waals surface area contributed by atoms with Gasteiger partial charge in [0, 0.05) is 6.07 Å². The van der Waals surface area contributed by atoms with Gasteiger partial charge in [0.15, 0.2) is 11.5 Å². The number of hydrogen-bond acceptors (Lipinski definition) is 4. The van der Waals surface area contributed by atoms with E-state index in [2.05, 4.69) is 0 Å². The number of benzene rings is 1. The maximum absolute atomic E-state index is 10.8. The minimum absolute atomic E-state index is 0. The Balaban J connectivity index is 0.00000196. The molecule has 15 heavy (non-hydrogen) atoms. The first-order valence-electron chi connectivity index (χ1n) is 3.68. The van der Waals surface area contributed by atoms with Crippen LogP contribution in [0.3, 0.4) is 0 Å². The summed E-state index contributed by atoms with van der Waals surface area (Å²) in [5.41, 5.74) is 0. The van der Waals surface area contributed by atoms with Crippen LogP contribution in [0, 0.1) is 0 Å². The van der Waals surface area contributed by atoms with E-state index in [-0.39, 0.29) is 40.2 Å². The van der Waals surface area contributed by atoms with E-state index in [1.807, 2.05) is 0 Å². The summed E-state index contributed by atoms with van der Waals surface area (Å²) in [6, 6.07) is 3.83. The predicted octanol–water partition coefficient (Wildman–Crippen LogP) is 0.302. The third-order valence-corrected chi connectivity index (χ3v) is 2.50. The number of rotatable bonds is 3. The molecule has 0 bridgehead atoms. The predicted molar refractivity (Wildman–Crippen MR) is 56.5 cm³/mol. The van der Waals surface area contributed by atoms with Gasteiger partial charge in [-0.15, -0.1) is 0 Å². The van der Waals surface area contributed by atoms with Gasteiger partial charge >= 0.3 is 29.6 Å². The fraction of sp³-hybridized carbons (Fsp3) is 0.250. The molecular weight excluding hydrogens is 231 g/mol. The van der Waals surface area contributed by atoms with Crippen LogP contribution in [-0.2, 0) is 10.1 Å². The molecule has 0 heterocycles. The van der Waals surface area contributed by atoms with E-state index >= 15 is 0 Å². The van der Waals surface area contributed by atoms with Gasteiger partial charge in [-0.1, -0.05) is 0 Å². The molecule has 0 amide bonds. The van der Waals surface area contributed by atoms with Crippen molar-refractivity contribution in [3.05, 3.63) is 18.2 Å². The molecule has 1 rings (SSSR count). The SMILES string of the molecule is COc1ccc(S(=O)(=O)O)cc1OC.[NaH]. The zero-order valence-electron chi connectivity index (χ0n) is 7.72. The fourth-order valence-corrected chi connectivity index (χ4v) is 1.47. The number of hydrogen-bond donors (Lipinski definition) is 1. The average Bonchev–Trinajstić information content (AvgIpc) is 2.15. The van der Waals surface area contributed by atoms with E-state index in [1.54, 1.807) is 0 Å². The summed E-state index contributed by atoms with van der Waals surface area (Å²) in [5.74, 6) is 0.655. The molecule has 0 aliphatic heterocycles. The Bertz CT molecular complexity index is 429. The van der Waals surface area contributed by atoms with Crippen molar-refractivity contribution in [2.75, 3.05) is 14.2 Å². The van der Waals surface area contributed by atoms with E-state index in [9.17, 15) is 8.42 Å². The topological polar surface area (TPSA) is 72.8 Å². The molecule has 80 valence electrons. The fourth-order valence-electron chi connectivity index (χ4n) is 0.977. The van der Waals surface area contributed by atoms with Crippen LogP contribution in [0.1, 0.15) is 0 Å². The first-order chi connectivity index (χ1) is 6.49. The average molecular weight is 242 g/mol. The van der Waals surface area contributed by atoms with Crippen LogP contribution in [0.25, 0.3) is 0 Å². The molecule has 7 heteroatoms. The van der Waals surface area contributed by atoms with Crippen molar-refractivity contribution < 1.29 is 22.4 Å². The first-order valence-corrected chi connectivity index (χ1v) is 5.12. The van der Waals surface area contributed by atoms with Crippen molar-refractivity contribution in [2.45, 2.75) is 4.90 Å². The monoisotopic (exact) mass is 242 g/mol. The van der Waals surface area contributed by atoms with Crippen LogP contribution < -0.4 is 9.47 Å². The van der Waals surface area contributed by atoms with E-state index in [4.69, 9.17) is 14.0 Å². The molecular formula is C8H11NaO5S. The standard InChI is InChI=1S/C8H10O5S.Na.H/c1-12-7-4-3-6(14(9,10)11)5-8(7)13-2;;/h3-5H,1-2H3,(H,9,10,11);;. The van der Waals surface area contributed by atoms with Gasteiger partial charge in [0.1, 0.15) is 0 Å². The Morgan fingerprint density at radius 1 is 1.13 bits per heavy atom. The van der Waals surface area contributed by atoms with Crippen LogP contribution in [0.2, 0.25) is 0 Å². The van der Waals surface area contributed by atoms with E-state index < -0.39 is 10.1 Å². The van der Waals surface area contributed by atoms with Gasteiger partial charge in [-0.25, -0.2) is 0 Å². The summed E-state index contributed by atoms with van der Waals surface area (Å²) in [6.07, 6.45) is 0. The van der Waals surface area contributed by atoms with Crippen molar-refractivity contribution in [2.24, 2.45) is 0 Å². The van der Waals surface area contributed by atoms with E-state index in [0.29, 0.717) is 5.75 Å². The molecule has 0 saturated heterocycles. The Morgan fingerprint density at radius 3 is 2.07 bits per heavy atom. The van der Waals surface area contributed by atoms with Crippen molar-refractivity contribution in [1.82, 2.24) is 0 Å². The third-order valence-electron chi connectivity index (χ3n) is 1.65. The van der Waals surface area contributed by atoms with Crippen molar-refractivity contribution in [1.29, 1.82) is 0 Å². The van der Waals surface area contributed by atoms with Crippen molar-refractivity contribution >= 4 is 39.7 Å². The summed E-state index contributed by atoms with van der Waals surface area (Å²) in [7, 11) is -1.38. The summed E-state index contributed by atoms with van der Waals surface area (Å²) in [5, 5.41) is 0. The van der Waals surface area contributed by atoms with Gasteiger partial charge in [0.05, 0.1) is 19.1 Å². The molecule has 0 aliphatic rings. The molecule has 0 atom stereocenters. The molecule has 0 fully saturated rings. The van der Waals surface area contributed by atoms with Crippen LogP contribution >= 0.6 is 0 Å². The quantitative estimate of drug-likeness (QED) is 0.609. The van der Waals surface area contributed by atoms with Crippen molar-refractivity contribution in [3.63, 3.8) is 0 Å². The maximum atomic E-state index is 10.8. The third kappa shape index (κ3) is 3.66. The molecule has 0 spiro atoms. The van der Waals surface area contributed by atoms with E-state index in [0.717, 1.165) is 0 Å². The summed E-state index contributed by atoms with van der Waals surface area (Å²) in [4.78, 5) is -0.227. The molecule has 0 radical (unpaired) electrons. The van der Waals surface area contributed by atoms with Gasteiger partial charge < -0.3 is 9.47 Å². The van der Waals surface area contributed by atoms with Crippen LogP contribution in [0.4, 0.5) is 0 Å². The van der Waals surface area contributed by atoms with Crippen LogP contribution in [-0.4, -0.2) is 56.7 Å². The summed E-state index contributed by atoms with van der Waals surface area (Å²) >= 11 is 0. The van der Waals surface area contributed by atoms with Crippen LogP contribution in [0.5, 0.6) is 11.5 Å². The number of methoxy groups -OCH3 is 2. The second-order valence-electron chi connectivity index (χ2n) is 2.49. The van der Waals surface area contributed by atoms with Gasteiger partial charge in [0.25, 0.3) is 10.1 Å². The molecule has 5 nitrogen and oxygen atoms in total. The second-order valence-corrected chi connectivity index (χ2v) is 3.91. The van der Waals surface area contributed by atoms with Gasteiger partial charge in [-0.3, -0.25) is 4.55 Å². The van der Waals surface area contributed by atoms with E-state index in [1.165, 1.54) is 32.4 Å². The Morgan fingerprint density at radius 2 is 1.67 bits per heavy atom. The van der Waals surface area contributed by atoms with Gasteiger partial charge in [0.2, 0.25) is 0 Å². The Labute approximate surface area is 110 Å². The Hall–Kier alpha value is -0.270. The normalized spacial score (nSPS) is 10.3. The summed E-state index contributed by atoms with van der Waals surface area (Å²) in [6.45, 7) is 0. The Kier molecular flexibility index (Phi) is 5.61. The van der Waals surface area contributed by atoms with Gasteiger partial charge in [-0.05, 0) is 12.1 Å². The molecule has 1 N–H and O–H groups in total.